The van der Waals surface area contributed by atoms with Gasteiger partial charge in [-0.3, -0.25) is 9.59 Å². The van der Waals surface area contributed by atoms with Crippen LogP contribution in [0, 0.1) is 11.8 Å². The number of aliphatic carboxylic acids is 1. The summed E-state index contributed by atoms with van der Waals surface area (Å²) in [5, 5.41) is 12.1. The van der Waals surface area contributed by atoms with Crippen LogP contribution in [0.1, 0.15) is 59.3 Å². The first-order valence-corrected chi connectivity index (χ1v) is 6.90. The second-order valence-corrected chi connectivity index (χ2v) is 5.93. The van der Waals surface area contributed by atoms with E-state index in [0.29, 0.717) is 0 Å². The van der Waals surface area contributed by atoms with Crippen LogP contribution >= 0.6 is 0 Å². The van der Waals surface area contributed by atoms with Crippen molar-refractivity contribution >= 4 is 11.9 Å². The van der Waals surface area contributed by atoms with E-state index in [2.05, 4.69) is 5.32 Å². The monoisotopic (exact) mass is 255 g/mol. The molecular formula is C14H25NO3. The third-order valence-electron chi connectivity index (χ3n) is 4.10. The Morgan fingerprint density at radius 2 is 1.72 bits per heavy atom. The van der Waals surface area contributed by atoms with Crippen molar-refractivity contribution in [3.63, 3.8) is 0 Å². The predicted molar refractivity (Wildman–Crippen MR) is 70.2 cm³/mol. The van der Waals surface area contributed by atoms with Gasteiger partial charge in [-0.1, -0.05) is 40.0 Å². The van der Waals surface area contributed by atoms with Gasteiger partial charge in [0.25, 0.3) is 0 Å². The Bertz CT molecular complexity index is 306. The highest BCUT2D eigenvalue weighted by Gasteiger charge is 2.36. The quantitative estimate of drug-likeness (QED) is 0.793. The second kappa shape index (κ2) is 6.21. The Balaban J connectivity index is 2.72. The molecule has 0 heterocycles. The first-order chi connectivity index (χ1) is 8.36. The summed E-state index contributed by atoms with van der Waals surface area (Å²) < 4.78 is 0. The lowest BCUT2D eigenvalue weighted by atomic mass is 9.78. The van der Waals surface area contributed by atoms with Crippen molar-refractivity contribution in [2.24, 2.45) is 11.8 Å². The molecule has 1 atom stereocenters. The lowest BCUT2D eigenvalue weighted by molar-refractivity contribution is -0.140. The number of amides is 1. The Labute approximate surface area is 109 Å². The highest BCUT2D eigenvalue weighted by Crippen LogP contribution is 2.31. The smallest absolute Gasteiger partial charge is 0.305 e. The number of hydrogen-bond acceptors (Lipinski definition) is 2. The number of rotatable bonds is 5. The molecule has 1 rings (SSSR count). The fourth-order valence-corrected chi connectivity index (χ4v) is 2.54. The Kier molecular flexibility index (Phi) is 5.17. The van der Waals surface area contributed by atoms with Gasteiger partial charge in [-0.2, -0.15) is 0 Å². The standard InChI is InChI=1S/C14H25NO3/c1-10(2)11(3)13(18)15-14(9-12(16)17)7-5-4-6-8-14/h10-11H,4-9H2,1-3H3,(H,15,18)(H,16,17). The Morgan fingerprint density at radius 3 is 2.17 bits per heavy atom. The molecule has 0 aromatic carbocycles. The molecule has 1 saturated carbocycles. The third kappa shape index (κ3) is 4.00. The van der Waals surface area contributed by atoms with Gasteiger partial charge in [-0.15, -0.1) is 0 Å². The molecule has 1 aliphatic rings. The Morgan fingerprint density at radius 1 is 1.17 bits per heavy atom. The van der Waals surface area contributed by atoms with Crippen LogP contribution in [-0.4, -0.2) is 22.5 Å². The summed E-state index contributed by atoms with van der Waals surface area (Å²) in [6, 6.07) is 0. The summed E-state index contributed by atoms with van der Waals surface area (Å²) in [5.74, 6) is -0.629. The topological polar surface area (TPSA) is 66.4 Å². The summed E-state index contributed by atoms with van der Waals surface area (Å²) in [7, 11) is 0. The molecule has 2 N–H and O–H groups in total. The summed E-state index contributed by atoms with van der Waals surface area (Å²) >= 11 is 0. The van der Waals surface area contributed by atoms with Crippen molar-refractivity contribution in [2.75, 3.05) is 0 Å². The largest absolute Gasteiger partial charge is 0.481 e. The van der Waals surface area contributed by atoms with E-state index in [1.165, 1.54) is 0 Å². The number of carboxylic acid groups (broad SMARTS) is 1. The highest BCUT2D eigenvalue weighted by molar-refractivity contribution is 5.80. The van der Waals surface area contributed by atoms with Gasteiger partial charge < -0.3 is 10.4 Å². The summed E-state index contributed by atoms with van der Waals surface area (Å²) in [4.78, 5) is 23.1. The van der Waals surface area contributed by atoms with E-state index in [1.807, 2.05) is 20.8 Å². The normalized spacial score (nSPS) is 20.4. The first-order valence-electron chi connectivity index (χ1n) is 6.90. The third-order valence-corrected chi connectivity index (χ3v) is 4.10. The first kappa shape index (κ1) is 15.0. The van der Waals surface area contributed by atoms with Crippen molar-refractivity contribution in [2.45, 2.75) is 64.8 Å². The maximum atomic E-state index is 12.1. The summed E-state index contributed by atoms with van der Waals surface area (Å²) in [6.45, 7) is 5.92. The summed E-state index contributed by atoms with van der Waals surface area (Å²) in [6.07, 6.45) is 4.76. The van der Waals surface area contributed by atoms with Gasteiger partial charge in [-0.05, 0) is 18.8 Å². The Hall–Kier alpha value is -1.06. The minimum Gasteiger partial charge on any atom is -0.481 e. The van der Waals surface area contributed by atoms with Crippen LogP contribution in [0.15, 0.2) is 0 Å². The lowest BCUT2D eigenvalue weighted by Gasteiger charge is -2.38. The van der Waals surface area contributed by atoms with Crippen LogP contribution in [0.4, 0.5) is 0 Å². The molecule has 1 unspecified atom stereocenters. The van der Waals surface area contributed by atoms with Crippen LogP contribution in [0.5, 0.6) is 0 Å². The van der Waals surface area contributed by atoms with Crippen molar-refractivity contribution in [3.05, 3.63) is 0 Å². The maximum Gasteiger partial charge on any atom is 0.305 e. The van der Waals surface area contributed by atoms with Gasteiger partial charge in [0, 0.05) is 5.92 Å². The van der Waals surface area contributed by atoms with E-state index >= 15 is 0 Å². The van der Waals surface area contributed by atoms with Crippen molar-refractivity contribution in [1.29, 1.82) is 0 Å². The van der Waals surface area contributed by atoms with E-state index in [9.17, 15) is 9.59 Å². The average Bonchev–Trinajstić information content (AvgIpc) is 2.27. The van der Waals surface area contributed by atoms with E-state index in [4.69, 9.17) is 5.11 Å². The highest BCUT2D eigenvalue weighted by atomic mass is 16.4. The van der Waals surface area contributed by atoms with Gasteiger partial charge in [0.05, 0.1) is 12.0 Å². The van der Waals surface area contributed by atoms with Gasteiger partial charge in [0.15, 0.2) is 0 Å². The average molecular weight is 255 g/mol. The molecule has 0 radical (unpaired) electrons. The lowest BCUT2D eigenvalue weighted by Crippen LogP contribution is -2.53. The number of hydrogen-bond donors (Lipinski definition) is 2. The molecule has 18 heavy (non-hydrogen) atoms. The van der Waals surface area contributed by atoms with Crippen LogP contribution in [0.25, 0.3) is 0 Å². The van der Waals surface area contributed by atoms with Gasteiger partial charge in [-0.25, -0.2) is 0 Å². The van der Waals surface area contributed by atoms with Crippen molar-refractivity contribution in [1.82, 2.24) is 5.32 Å². The fourth-order valence-electron chi connectivity index (χ4n) is 2.54. The van der Waals surface area contributed by atoms with E-state index in [0.717, 1.165) is 32.1 Å². The fraction of sp³-hybridized carbons (Fsp3) is 0.857. The molecule has 0 aliphatic heterocycles. The van der Waals surface area contributed by atoms with Crippen LogP contribution in [0.3, 0.4) is 0 Å². The minimum absolute atomic E-state index is 0.00634. The van der Waals surface area contributed by atoms with Gasteiger partial charge >= 0.3 is 5.97 Å². The molecule has 0 spiro atoms. The van der Waals surface area contributed by atoms with Crippen LogP contribution in [-0.2, 0) is 9.59 Å². The molecule has 1 aliphatic carbocycles. The van der Waals surface area contributed by atoms with Gasteiger partial charge in [0.1, 0.15) is 0 Å². The molecule has 0 saturated heterocycles. The predicted octanol–water partition coefficient (Wildman–Crippen LogP) is 2.57. The van der Waals surface area contributed by atoms with Crippen molar-refractivity contribution < 1.29 is 14.7 Å². The zero-order valence-corrected chi connectivity index (χ0v) is 11.7. The minimum atomic E-state index is -0.825. The molecule has 0 bridgehead atoms. The molecular weight excluding hydrogens is 230 g/mol. The summed E-state index contributed by atoms with van der Waals surface area (Å²) in [5.41, 5.74) is -0.510. The van der Waals surface area contributed by atoms with E-state index < -0.39 is 11.5 Å². The zero-order valence-electron chi connectivity index (χ0n) is 11.7. The van der Waals surface area contributed by atoms with E-state index in [1.54, 1.807) is 0 Å². The molecule has 4 nitrogen and oxygen atoms in total. The van der Waals surface area contributed by atoms with Gasteiger partial charge in [0.2, 0.25) is 5.91 Å². The van der Waals surface area contributed by atoms with Crippen LogP contribution in [0.2, 0.25) is 0 Å². The zero-order chi connectivity index (χ0) is 13.8. The maximum absolute atomic E-state index is 12.1. The molecule has 0 aromatic heterocycles. The number of nitrogens with one attached hydrogen (secondary N) is 1. The van der Waals surface area contributed by atoms with Crippen LogP contribution < -0.4 is 5.32 Å². The SMILES string of the molecule is CC(C)C(C)C(=O)NC1(CC(=O)O)CCCCC1. The second-order valence-electron chi connectivity index (χ2n) is 5.93. The molecule has 0 aromatic rings. The number of carbonyl (C=O) groups excluding carboxylic acids is 1. The van der Waals surface area contributed by atoms with Crippen molar-refractivity contribution in [3.8, 4) is 0 Å². The van der Waals surface area contributed by atoms with E-state index in [-0.39, 0.29) is 24.2 Å². The number of carboxylic acids is 1. The molecule has 1 amide bonds. The number of carbonyl (C=O) groups is 2. The molecule has 4 heteroatoms. The molecule has 1 fully saturated rings. The molecule has 104 valence electrons.